The average molecular weight is 439 g/mol. The van der Waals surface area contributed by atoms with Crippen LogP contribution in [0.5, 0.6) is 11.5 Å². The fraction of sp³-hybridized carbons (Fsp3) is 0.0909. The second-order valence-corrected chi connectivity index (χ2v) is 6.78. The molecule has 28 heavy (non-hydrogen) atoms. The summed E-state index contributed by atoms with van der Waals surface area (Å²) in [6.45, 7) is 2.26. The highest BCUT2D eigenvalue weighted by Crippen LogP contribution is 2.35. The van der Waals surface area contributed by atoms with Crippen LogP contribution in [0.15, 0.2) is 76.3 Å². The zero-order chi connectivity index (χ0) is 19.9. The fourth-order valence-electron chi connectivity index (χ4n) is 2.61. The molecule has 3 aromatic rings. The number of amides is 1. The van der Waals surface area contributed by atoms with Gasteiger partial charge in [-0.25, -0.2) is 5.43 Å². The van der Waals surface area contributed by atoms with E-state index in [1.54, 1.807) is 24.3 Å². The van der Waals surface area contributed by atoms with Crippen LogP contribution in [0.1, 0.15) is 22.8 Å². The van der Waals surface area contributed by atoms with E-state index < -0.39 is 0 Å². The second-order valence-electron chi connectivity index (χ2n) is 5.92. The van der Waals surface area contributed by atoms with E-state index >= 15 is 0 Å². The number of rotatable bonds is 6. The van der Waals surface area contributed by atoms with E-state index in [-0.39, 0.29) is 11.7 Å². The first-order chi connectivity index (χ1) is 13.6. The van der Waals surface area contributed by atoms with Gasteiger partial charge in [-0.15, -0.1) is 0 Å². The summed E-state index contributed by atoms with van der Waals surface area (Å²) in [5.41, 5.74) is 5.82. The number of carbonyl (C=O) groups is 1. The first kappa shape index (κ1) is 19.6. The molecular formula is C22H19BrN2O3. The summed E-state index contributed by atoms with van der Waals surface area (Å²) in [5.74, 6) is 0.0708. The summed E-state index contributed by atoms with van der Waals surface area (Å²) in [4.78, 5) is 12.3. The SMILES string of the molecule is CCOc1cc(/C=N\NC(=O)c2ccc(-c3ccccc3)cc2)cc(Br)c1O. The maximum absolute atomic E-state index is 12.3. The first-order valence-electron chi connectivity index (χ1n) is 8.72. The predicted octanol–water partition coefficient (Wildman–Crippen LogP) is 4.98. The van der Waals surface area contributed by atoms with Crippen LogP contribution >= 0.6 is 15.9 Å². The predicted molar refractivity (Wildman–Crippen MR) is 114 cm³/mol. The topological polar surface area (TPSA) is 70.9 Å². The largest absolute Gasteiger partial charge is 0.503 e. The van der Waals surface area contributed by atoms with Crippen molar-refractivity contribution in [1.29, 1.82) is 0 Å². The zero-order valence-corrected chi connectivity index (χ0v) is 16.8. The van der Waals surface area contributed by atoms with Gasteiger partial charge in [-0.05, 0) is 63.8 Å². The Balaban J connectivity index is 1.67. The van der Waals surface area contributed by atoms with Gasteiger partial charge in [-0.2, -0.15) is 5.10 Å². The minimum absolute atomic E-state index is 0.0292. The summed E-state index contributed by atoms with van der Waals surface area (Å²) < 4.78 is 5.86. The van der Waals surface area contributed by atoms with Crippen molar-refractivity contribution >= 4 is 28.1 Å². The fourth-order valence-corrected chi connectivity index (χ4v) is 3.07. The third-order valence-electron chi connectivity index (χ3n) is 3.98. The van der Waals surface area contributed by atoms with Crippen LogP contribution in [-0.2, 0) is 0 Å². The molecule has 0 saturated carbocycles. The van der Waals surface area contributed by atoms with E-state index in [0.29, 0.717) is 28.0 Å². The molecule has 5 nitrogen and oxygen atoms in total. The first-order valence-corrected chi connectivity index (χ1v) is 9.52. The lowest BCUT2D eigenvalue weighted by Crippen LogP contribution is -2.17. The van der Waals surface area contributed by atoms with Gasteiger partial charge in [0.25, 0.3) is 5.91 Å². The number of aromatic hydroxyl groups is 1. The highest BCUT2D eigenvalue weighted by Gasteiger charge is 2.09. The van der Waals surface area contributed by atoms with Gasteiger partial charge >= 0.3 is 0 Å². The number of phenolic OH excluding ortho intramolecular Hbond substituents is 1. The Labute approximate surface area is 171 Å². The van der Waals surface area contributed by atoms with Crippen LogP contribution in [0.4, 0.5) is 0 Å². The van der Waals surface area contributed by atoms with Gasteiger partial charge in [0.1, 0.15) is 0 Å². The van der Waals surface area contributed by atoms with Gasteiger partial charge in [0.05, 0.1) is 17.3 Å². The Morgan fingerprint density at radius 2 is 1.79 bits per heavy atom. The molecule has 0 radical (unpaired) electrons. The molecule has 142 valence electrons. The molecule has 0 atom stereocenters. The molecule has 0 spiro atoms. The van der Waals surface area contributed by atoms with Crippen molar-refractivity contribution in [3.63, 3.8) is 0 Å². The standard InChI is InChI=1S/C22H19BrN2O3/c1-2-28-20-13-15(12-19(23)21(20)26)14-24-25-22(27)18-10-8-17(9-11-18)16-6-4-3-5-7-16/h3-14,26H,2H2,1H3,(H,25,27)/b24-14-. The zero-order valence-electron chi connectivity index (χ0n) is 15.2. The second kappa shape index (κ2) is 9.19. The molecule has 0 aliphatic rings. The lowest BCUT2D eigenvalue weighted by Gasteiger charge is -2.08. The third kappa shape index (κ3) is 4.78. The van der Waals surface area contributed by atoms with Gasteiger partial charge in [0, 0.05) is 5.56 Å². The number of phenols is 1. The number of ether oxygens (including phenoxy) is 1. The molecule has 0 saturated heterocycles. The molecular weight excluding hydrogens is 420 g/mol. The Morgan fingerprint density at radius 1 is 1.11 bits per heavy atom. The van der Waals surface area contributed by atoms with Gasteiger partial charge in [-0.1, -0.05) is 42.5 Å². The minimum Gasteiger partial charge on any atom is -0.503 e. The molecule has 2 N–H and O–H groups in total. The van der Waals surface area contributed by atoms with E-state index in [2.05, 4.69) is 26.5 Å². The average Bonchev–Trinajstić information content (AvgIpc) is 2.72. The Morgan fingerprint density at radius 3 is 2.46 bits per heavy atom. The van der Waals surface area contributed by atoms with Crippen LogP contribution in [0.25, 0.3) is 11.1 Å². The maximum Gasteiger partial charge on any atom is 0.271 e. The molecule has 6 heteroatoms. The molecule has 3 rings (SSSR count). The van der Waals surface area contributed by atoms with Crippen molar-refractivity contribution in [2.45, 2.75) is 6.92 Å². The van der Waals surface area contributed by atoms with Gasteiger partial charge in [0.2, 0.25) is 0 Å². The van der Waals surface area contributed by atoms with Crippen molar-refractivity contribution in [2.24, 2.45) is 5.10 Å². The number of hydrogen-bond donors (Lipinski definition) is 2. The molecule has 0 unspecified atom stereocenters. The monoisotopic (exact) mass is 438 g/mol. The smallest absolute Gasteiger partial charge is 0.271 e. The van der Waals surface area contributed by atoms with Crippen molar-refractivity contribution < 1.29 is 14.6 Å². The number of benzene rings is 3. The van der Waals surface area contributed by atoms with Crippen LogP contribution in [0.2, 0.25) is 0 Å². The third-order valence-corrected chi connectivity index (χ3v) is 4.59. The summed E-state index contributed by atoms with van der Waals surface area (Å²) in [5, 5.41) is 13.9. The molecule has 0 fully saturated rings. The van der Waals surface area contributed by atoms with E-state index in [4.69, 9.17) is 4.74 Å². The summed E-state index contributed by atoms with van der Waals surface area (Å²) in [6.07, 6.45) is 1.49. The van der Waals surface area contributed by atoms with E-state index in [1.165, 1.54) is 6.21 Å². The van der Waals surface area contributed by atoms with Gasteiger partial charge < -0.3 is 9.84 Å². The summed E-state index contributed by atoms with van der Waals surface area (Å²) in [7, 11) is 0. The molecule has 0 bridgehead atoms. The van der Waals surface area contributed by atoms with Crippen LogP contribution in [-0.4, -0.2) is 23.8 Å². The Hall–Kier alpha value is -3.12. The number of nitrogens with one attached hydrogen (secondary N) is 1. The highest BCUT2D eigenvalue weighted by molar-refractivity contribution is 9.10. The molecule has 1 amide bonds. The quantitative estimate of drug-likeness (QED) is 0.420. The van der Waals surface area contributed by atoms with Crippen molar-refractivity contribution in [3.8, 4) is 22.6 Å². The van der Waals surface area contributed by atoms with E-state index in [0.717, 1.165) is 11.1 Å². The minimum atomic E-state index is -0.307. The Bertz CT molecular complexity index is 987. The van der Waals surface area contributed by atoms with Gasteiger partial charge in [0.15, 0.2) is 11.5 Å². The van der Waals surface area contributed by atoms with Crippen LogP contribution in [0, 0.1) is 0 Å². The highest BCUT2D eigenvalue weighted by atomic mass is 79.9. The molecule has 3 aromatic carbocycles. The lowest BCUT2D eigenvalue weighted by molar-refractivity contribution is 0.0955. The van der Waals surface area contributed by atoms with Crippen molar-refractivity contribution in [3.05, 3.63) is 82.3 Å². The molecule has 0 heterocycles. The van der Waals surface area contributed by atoms with E-state index in [9.17, 15) is 9.90 Å². The number of carbonyl (C=O) groups excluding carboxylic acids is 1. The van der Waals surface area contributed by atoms with Crippen molar-refractivity contribution in [1.82, 2.24) is 5.43 Å². The molecule has 0 aromatic heterocycles. The van der Waals surface area contributed by atoms with E-state index in [1.807, 2.05) is 49.4 Å². The number of hydrogen-bond acceptors (Lipinski definition) is 4. The van der Waals surface area contributed by atoms with Crippen molar-refractivity contribution in [2.75, 3.05) is 6.61 Å². The normalized spacial score (nSPS) is 10.8. The Kier molecular flexibility index (Phi) is 6.45. The number of halogens is 1. The van der Waals surface area contributed by atoms with Gasteiger partial charge in [-0.3, -0.25) is 4.79 Å². The maximum atomic E-state index is 12.3. The summed E-state index contributed by atoms with van der Waals surface area (Å²) >= 11 is 3.27. The number of hydrazone groups is 1. The van der Waals surface area contributed by atoms with Crippen LogP contribution < -0.4 is 10.2 Å². The van der Waals surface area contributed by atoms with Crippen LogP contribution in [0.3, 0.4) is 0 Å². The molecule has 0 aliphatic carbocycles. The lowest BCUT2D eigenvalue weighted by atomic mass is 10.0. The molecule has 0 aliphatic heterocycles. The number of nitrogens with zero attached hydrogens (tertiary/aromatic N) is 1. The summed E-state index contributed by atoms with van der Waals surface area (Å²) in [6, 6.07) is 20.6.